The summed E-state index contributed by atoms with van der Waals surface area (Å²) in [4.78, 5) is 20.7. The van der Waals surface area contributed by atoms with Crippen molar-refractivity contribution >= 4 is 11.7 Å². The van der Waals surface area contributed by atoms with Gasteiger partial charge < -0.3 is 14.5 Å². The van der Waals surface area contributed by atoms with Gasteiger partial charge in [0.05, 0.1) is 11.5 Å². The van der Waals surface area contributed by atoms with Crippen molar-refractivity contribution in [2.24, 2.45) is 5.92 Å². The van der Waals surface area contributed by atoms with Crippen molar-refractivity contribution in [3.63, 3.8) is 0 Å². The summed E-state index contributed by atoms with van der Waals surface area (Å²) >= 11 is 0. The number of nitrogens with zero attached hydrogens (tertiary/aromatic N) is 3. The van der Waals surface area contributed by atoms with Gasteiger partial charge in [0.15, 0.2) is 0 Å². The number of para-hydroxylation sites is 1. The molecule has 154 valence electrons. The number of carbonyl (C=O) groups excluding carboxylic acids is 1. The standard InChI is InChI=1S/C21H22F3N3O2/c22-21(23,24)17-6-7-19(25-13-17)26-8-3-9-27(11-10-26)20(28)16-12-15-4-1-2-5-18(15)29-14-16/h1-2,4-7,13,16H,3,8-12,14H2. The zero-order chi connectivity index (χ0) is 20.4. The van der Waals surface area contributed by atoms with Gasteiger partial charge in [-0.05, 0) is 36.6 Å². The average Bonchev–Trinajstić information content (AvgIpc) is 2.98. The second-order valence-corrected chi connectivity index (χ2v) is 7.39. The molecule has 1 amide bonds. The fourth-order valence-electron chi connectivity index (χ4n) is 3.85. The summed E-state index contributed by atoms with van der Waals surface area (Å²) in [7, 11) is 0. The Morgan fingerprint density at radius 3 is 2.66 bits per heavy atom. The number of hydrogen-bond acceptors (Lipinski definition) is 4. The molecule has 1 fully saturated rings. The molecule has 1 aromatic heterocycles. The van der Waals surface area contributed by atoms with Gasteiger partial charge in [0.2, 0.25) is 5.91 Å². The van der Waals surface area contributed by atoms with Crippen LogP contribution in [0, 0.1) is 5.92 Å². The molecule has 2 aromatic rings. The van der Waals surface area contributed by atoms with Crippen molar-refractivity contribution in [3.8, 4) is 5.75 Å². The normalized spacial score (nSPS) is 19.9. The Morgan fingerprint density at radius 2 is 1.90 bits per heavy atom. The average molecular weight is 405 g/mol. The number of benzene rings is 1. The summed E-state index contributed by atoms with van der Waals surface area (Å²) in [5, 5.41) is 0. The highest BCUT2D eigenvalue weighted by atomic mass is 19.4. The number of alkyl halides is 3. The molecule has 0 N–H and O–H groups in total. The minimum Gasteiger partial charge on any atom is -0.492 e. The van der Waals surface area contributed by atoms with E-state index in [0.29, 0.717) is 45.0 Å². The van der Waals surface area contributed by atoms with Crippen LogP contribution in [0.25, 0.3) is 0 Å². The molecule has 1 aromatic carbocycles. The van der Waals surface area contributed by atoms with Crippen LogP contribution in [0.4, 0.5) is 19.0 Å². The van der Waals surface area contributed by atoms with E-state index in [1.165, 1.54) is 6.07 Å². The summed E-state index contributed by atoms with van der Waals surface area (Å²) in [5.74, 6) is 1.21. The summed E-state index contributed by atoms with van der Waals surface area (Å²) < 4.78 is 43.9. The number of fused-ring (bicyclic) bond motifs is 1. The predicted molar refractivity (Wildman–Crippen MR) is 102 cm³/mol. The fourth-order valence-corrected chi connectivity index (χ4v) is 3.85. The van der Waals surface area contributed by atoms with Crippen molar-refractivity contribution in [2.75, 3.05) is 37.7 Å². The van der Waals surface area contributed by atoms with E-state index < -0.39 is 11.7 Å². The zero-order valence-electron chi connectivity index (χ0n) is 15.9. The number of rotatable bonds is 2. The molecule has 0 radical (unpaired) electrons. The molecule has 4 rings (SSSR count). The van der Waals surface area contributed by atoms with E-state index in [9.17, 15) is 18.0 Å². The third kappa shape index (κ3) is 4.31. The Kier molecular flexibility index (Phi) is 5.34. The van der Waals surface area contributed by atoms with Crippen LogP contribution >= 0.6 is 0 Å². The Bertz CT molecular complexity index is 870. The number of halogens is 3. The number of ether oxygens (including phenoxy) is 1. The number of pyridine rings is 1. The first-order valence-electron chi connectivity index (χ1n) is 9.69. The maximum atomic E-state index is 13.0. The smallest absolute Gasteiger partial charge is 0.417 e. The van der Waals surface area contributed by atoms with Crippen LogP contribution in [0.2, 0.25) is 0 Å². The quantitative estimate of drug-likeness (QED) is 0.769. The molecule has 1 saturated heterocycles. The molecule has 3 heterocycles. The van der Waals surface area contributed by atoms with Crippen LogP contribution in [0.5, 0.6) is 5.75 Å². The Hall–Kier alpha value is -2.77. The van der Waals surface area contributed by atoms with Gasteiger partial charge in [-0.2, -0.15) is 13.2 Å². The van der Waals surface area contributed by atoms with Crippen molar-refractivity contribution in [1.82, 2.24) is 9.88 Å². The van der Waals surface area contributed by atoms with Gasteiger partial charge in [-0.25, -0.2) is 4.98 Å². The zero-order valence-corrected chi connectivity index (χ0v) is 15.9. The van der Waals surface area contributed by atoms with Gasteiger partial charge in [0.25, 0.3) is 0 Å². The molecular weight excluding hydrogens is 383 g/mol. The largest absolute Gasteiger partial charge is 0.492 e. The highest BCUT2D eigenvalue weighted by Gasteiger charge is 2.32. The monoisotopic (exact) mass is 405 g/mol. The molecule has 8 heteroatoms. The third-order valence-electron chi connectivity index (χ3n) is 5.43. The molecule has 2 aliphatic heterocycles. The molecule has 0 spiro atoms. The van der Waals surface area contributed by atoms with E-state index in [4.69, 9.17) is 4.74 Å². The fraction of sp³-hybridized carbons (Fsp3) is 0.429. The summed E-state index contributed by atoms with van der Waals surface area (Å²) in [5.41, 5.74) is 0.285. The van der Waals surface area contributed by atoms with Crippen molar-refractivity contribution < 1.29 is 22.7 Å². The molecule has 0 bridgehead atoms. The molecule has 2 aliphatic rings. The number of carbonyl (C=O) groups is 1. The molecule has 29 heavy (non-hydrogen) atoms. The maximum absolute atomic E-state index is 13.0. The lowest BCUT2D eigenvalue weighted by atomic mass is 9.95. The van der Waals surface area contributed by atoms with Gasteiger partial charge >= 0.3 is 6.18 Å². The highest BCUT2D eigenvalue weighted by molar-refractivity contribution is 5.80. The van der Waals surface area contributed by atoms with Gasteiger partial charge in [-0.1, -0.05) is 18.2 Å². The van der Waals surface area contributed by atoms with Crippen molar-refractivity contribution in [3.05, 3.63) is 53.7 Å². The van der Waals surface area contributed by atoms with E-state index in [-0.39, 0.29) is 11.8 Å². The lowest BCUT2D eigenvalue weighted by molar-refractivity contribution is -0.138. The van der Waals surface area contributed by atoms with Gasteiger partial charge in [-0.3, -0.25) is 4.79 Å². The summed E-state index contributed by atoms with van der Waals surface area (Å²) in [6, 6.07) is 10.2. The molecule has 5 nitrogen and oxygen atoms in total. The predicted octanol–water partition coefficient (Wildman–Crippen LogP) is 3.39. The van der Waals surface area contributed by atoms with Crippen LogP contribution in [0.3, 0.4) is 0 Å². The van der Waals surface area contributed by atoms with E-state index in [1.54, 1.807) is 0 Å². The Labute approximate surface area is 167 Å². The van der Waals surface area contributed by atoms with E-state index in [0.717, 1.165) is 30.0 Å². The topological polar surface area (TPSA) is 45.7 Å². The minimum absolute atomic E-state index is 0.0710. The van der Waals surface area contributed by atoms with Gasteiger partial charge in [0, 0.05) is 32.4 Å². The summed E-state index contributed by atoms with van der Waals surface area (Å²) in [6.07, 6.45) is -2.14. The van der Waals surface area contributed by atoms with E-state index in [1.807, 2.05) is 34.1 Å². The van der Waals surface area contributed by atoms with Crippen LogP contribution in [0.15, 0.2) is 42.6 Å². The second kappa shape index (κ2) is 7.93. The number of hydrogen-bond donors (Lipinski definition) is 0. The number of anilines is 1. The molecule has 0 saturated carbocycles. The number of aromatic nitrogens is 1. The van der Waals surface area contributed by atoms with E-state index >= 15 is 0 Å². The summed E-state index contributed by atoms with van der Waals surface area (Å²) in [6.45, 7) is 2.69. The first kappa shape index (κ1) is 19.5. The van der Waals surface area contributed by atoms with Gasteiger partial charge in [0.1, 0.15) is 18.2 Å². The van der Waals surface area contributed by atoms with Crippen LogP contribution in [0.1, 0.15) is 17.5 Å². The maximum Gasteiger partial charge on any atom is 0.417 e. The molecular formula is C21H22F3N3O2. The molecule has 0 aliphatic carbocycles. The highest BCUT2D eigenvalue weighted by Crippen LogP contribution is 2.30. The van der Waals surface area contributed by atoms with Crippen LogP contribution < -0.4 is 9.64 Å². The van der Waals surface area contributed by atoms with E-state index in [2.05, 4.69) is 4.98 Å². The molecule has 1 unspecified atom stereocenters. The second-order valence-electron chi connectivity index (χ2n) is 7.39. The van der Waals surface area contributed by atoms with Gasteiger partial charge in [-0.15, -0.1) is 0 Å². The van der Waals surface area contributed by atoms with Crippen LogP contribution in [-0.4, -0.2) is 48.6 Å². The first-order chi connectivity index (χ1) is 13.9. The first-order valence-corrected chi connectivity index (χ1v) is 9.69. The lowest BCUT2D eigenvalue weighted by Crippen LogP contribution is -2.42. The SMILES string of the molecule is O=C(C1COc2ccccc2C1)N1CCCN(c2ccc(C(F)(F)F)cn2)CC1. The Morgan fingerprint density at radius 1 is 1.07 bits per heavy atom. The Balaban J connectivity index is 1.38. The third-order valence-corrected chi connectivity index (χ3v) is 5.43. The van der Waals surface area contributed by atoms with Crippen molar-refractivity contribution in [1.29, 1.82) is 0 Å². The van der Waals surface area contributed by atoms with Crippen molar-refractivity contribution in [2.45, 2.75) is 19.0 Å². The van der Waals surface area contributed by atoms with Crippen LogP contribution in [-0.2, 0) is 17.4 Å². The minimum atomic E-state index is -4.39. The number of amides is 1. The lowest BCUT2D eigenvalue weighted by Gasteiger charge is -2.30. The molecule has 1 atom stereocenters.